The van der Waals surface area contributed by atoms with Crippen molar-refractivity contribution in [3.63, 3.8) is 0 Å². The Morgan fingerprint density at radius 3 is 2.81 bits per heavy atom. The second-order valence-corrected chi connectivity index (χ2v) is 7.22. The number of benzene rings is 1. The fourth-order valence-corrected chi connectivity index (χ4v) is 3.96. The summed E-state index contributed by atoms with van der Waals surface area (Å²) in [6.07, 6.45) is 5.66. The van der Waals surface area contributed by atoms with Crippen molar-refractivity contribution in [2.45, 2.75) is 12.5 Å². The number of fused-ring (bicyclic) bond motifs is 1. The van der Waals surface area contributed by atoms with E-state index in [9.17, 15) is 15.0 Å². The lowest BCUT2D eigenvalue weighted by molar-refractivity contribution is -0.139. The number of halogens is 2. The van der Waals surface area contributed by atoms with Crippen LogP contribution >= 0.6 is 23.2 Å². The number of anilines is 1. The first-order valence-electron chi connectivity index (χ1n) is 8.38. The molecule has 1 saturated heterocycles. The van der Waals surface area contributed by atoms with Gasteiger partial charge in [0.25, 0.3) is 0 Å². The van der Waals surface area contributed by atoms with Crippen LogP contribution in [-0.2, 0) is 4.79 Å². The number of nitrogens with zero attached hydrogens (tertiary/aromatic N) is 4. The number of imidazole rings is 1. The number of rotatable bonds is 4. The molecule has 0 spiro atoms. The SMILES string of the molecule is O=C(O)[C@@H]1[C@H](CO)CCN1c1cc(-n2ccnc2)c2ccc(Cl)c(Cl)c2n1. The number of carboxylic acid groups (broad SMARTS) is 1. The van der Waals surface area contributed by atoms with Gasteiger partial charge in [-0.05, 0) is 18.6 Å². The minimum atomic E-state index is -0.991. The average Bonchev–Trinajstić information content (AvgIpc) is 3.33. The quantitative estimate of drug-likeness (QED) is 0.691. The lowest BCUT2D eigenvalue weighted by Crippen LogP contribution is -2.41. The Morgan fingerprint density at radius 2 is 2.15 bits per heavy atom. The predicted molar refractivity (Wildman–Crippen MR) is 103 cm³/mol. The van der Waals surface area contributed by atoms with Crippen LogP contribution in [0.15, 0.2) is 36.9 Å². The van der Waals surface area contributed by atoms with Crippen LogP contribution < -0.4 is 4.90 Å². The highest BCUT2D eigenvalue weighted by atomic mass is 35.5. The van der Waals surface area contributed by atoms with E-state index in [1.165, 1.54) is 0 Å². The first-order chi connectivity index (χ1) is 13.0. The summed E-state index contributed by atoms with van der Waals surface area (Å²) >= 11 is 12.6. The van der Waals surface area contributed by atoms with Crippen LogP contribution in [0, 0.1) is 5.92 Å². The number of hydrogen-bond acceptors (Lipinski definition) is 5. The molecule has 0 bridgehead atoms. The van der Waals surface area contributed by atoms with Crippen molar-refractivity contribution in [1.29, 1.82) is 0 Å². The zero-order valence-corrected chi connectivity index (χ0v) is 15.6. The van der Waals surface area contributed by atoms with Gasteiger partial charge in [0.15, 0.2) is 0 Å². The predicted octanol–water partition coefficient (Wildman–Crippen LogP) is 3.00. The van der Waals surface area contributed by atoms with E-state index in [-0.39, 0.29) is 12.5 Å². The number of hydrogen-bond donors (Lipinski definition) is 2. The molecule has 7 nitrogen and oxygen atoms in total. The van der Waals surface area contributed by atoms with Gasteiger partial charge in [-0.2, -0.15) is 0 Å². The summed E-state index contributed by atoms with van der Waals surface area (Å²) in [5, 5.41) is 20.7. The molecule has 2 atom stereocenters. The average molecular weight is 407 g/mol. The fraction of sp³-hybridized carbons (Fsp3) is 0.278. The summed E-state index contributed by atoms with van der Waals surface area (Å²) in [5.41, 5.74) is 1.25. The second-order valence-electron chi connectivity index (χ2n) is 6.43. The summed E-state index contributed by atoms with van der Waals surface area (Å²) < 4.78 is 1.81. The van der Waals surface area contributed by atoms with E-state index in [2.05, 4.69) is 9.97 Å². The van der Waals surface area contributed by atoms with E-state index >= 15 is 0 Å². The van der Waals surface area contributed by atoms with Crippen LogP contribution in [-0.4, -0.2) is 49.9 Å². The van der Waals surface area contributed by atoms with Crippen molar-refractivity contribution in [3.8, 4) is 5.69 Å². The third-order valence-corrected chi connectivity index (χ3v) is 5.72. The summed E-state index contributed by atoms with van der Waals surface area (Å²) in [4.78, 5) is 22.2. The van der Waals surface area contributed by atoms with Crippen LogP contribution in [0.2, 0.25) is 10.0 Å². The van der Waals surface area contributed by atoms with Gasteiger partial charge in [-0.25, -0.2) is 14.8 Å². The van der Waals surface area contributed by atoms with Gasteiger partial charge in [0, 0.05) is 42.9 Å². The molecule has 27 heavy (non-hydrogen) atoms. The molecule has 0 amide bonds. The number of aromatic nitrogens is 3. The Bertz CT molecular complexity index is 1010. The molecular weight excluding hydrogens is 391 g/mol. The van der Waals surface area contributed by atoms with Crippen molar-refractivity contribution < 1.29 is 15.0 Å². The van der Waals surface area contributed by atoms with Crippen molar-refractivity contribution in [1.82, 2.24) is 14.5 Å². The van der Waals surface area contributed by atoms with Crippen LogP contribution in [0.25, 0.3) is 16.6 Å². The smallest absolute Gasteiger partial charge is 0.326 e. The van der Waals surface area contributed by atoms with Gasteiger partial charge in [-0.3, -0.25) is 0 Å². The van der Waals surface area contributed by atoms with Crippen molar-refractivity contribution in [3.05, 3.63) is 47.0 Å². The minimum Gasteiger partial charge on any atom is -0.480 e. The Morgan fingerprint density at radius 1 is 1.33 bits per heavy atom. The summed E-state index contributed by atoms with van der Waals surface area (Å²) in [7, 11) is 0. The summed E-state index contributed by atoms with van der Waals surface area (Å²) in [6, 6.07) is 4.48. The highest BCUT2D eigenvalue weighted by Crippen LogP contribution is 2.37. The van der Waals surface area contributed by atoms with Gasteiger partial charge >= 0.3 is 5.97 Å². The van der Waals surface area contributed by atoms with Gasteiger partial charge in [0.05, 0.1) is 27.6 Å². The zero-order chi connectivity index (χ0) is 19.1. The number of pyridine rings is 1. The van der Waals surface area contributed by atoms with E-state index in [1.54, 1.807) is 29.7 Å². The lowest BCUT2D eigenvalue weighted by Gasteiger charge is -2.26. The molecule has 0 radical (unpaired) electrons. The Hall–Kier alpha value is -2.35. The van der Waals surface area contributed by atoms with Gasteiger partial charge in [0.1, 0.15) is 11.9 Å². The Labute approximate surface area is 164 Å². The highest BCUT2D eigenvalue weighted by molar-refractivity contribution is 6.45. The minimum absolute atomic E-state index is 0.192. The maximum absolute atomic E-state index is 11.8. The highest BCUT2D eigenvalue weighted by Gasteiger charge is 2.40. The Balaban J connectivity index is 1.94. The molecule has 2 aromatic heterocycles. The fourth-order valence-electron chi connectivity index (χ4n) is 3.60. The Kier molecular flexibility index (Phi) is 4.67. The molecule has 1 aliphatic rings. The molecule has 3 heterocycles. The van der Waals surface area contributed by atoms with Gasteiger partial charge in [-0.15, -0.1) is 0 Å². The molecule has 1 aromatic carbocycles. The molecule has 9 heteroatoms. The normalized spacial score (nSPS) is 19.7. The van der Waals surface area contributed by atoms with E-state index in [4.69, 9.17) is 23.2 Å². The zero-order valence-electron chi connectivity index (χ0n) is 14.1. The molecular formula is C18H16Cl2N4O3. The maximum atomic E-state index is 11.8. The van der Waals surface area contributed by atoms with E-state index in [0.29, 0.717) is 34.3 Å². The summed E-state index contributed by atoms with van der Waals surface area (Å²) in [5.74, 6) is -0.875. The molecule has 0 saturated carbocycles. The van der Waals surface area contributed by atoms with Gasteiger partial charge in [0.2, 0.25) is 0 Å². The monoisotopic (exact) mass is 406 g/mol. The van der Waals surface area contributed by atoms with Crippen LogP contribution in [0.5, 0.6) is 0 Å². The molecule has 1 aliphatic heterocycles. The summed E-state index contributed by atoms with van der Waals surface area (Å²) in [6.45, 7) is 0.282. The van der Waals surface area contributed by atoms with Crippen molar-refractivity contribution in [2.75, 3.05) is 18.1 Å². The van der Waals surface area contributed by atoms with E-state index in [1.807, 2.05) is 16.7 Å². The number of carbonyl (C=O) groups is 1. The molecule has 3 aromatic rings. The third kappa shape index (κ3) is 3.01. The van der Waals surface area contributed by atoms with Crippen LogP contribution in [0.1, 0.15) is 6.42 Å². The van der Waals surface area contributed by atoms with E-state index in [0.717, 1.165) is 11.1 Å². The standard InChI is InChI=1S/C18H16Cl2N4O3/c19-12-2-1-11-13(23-6-4-21-9-23)7-14(22-16(11)15(12)20)24-5-3-10(8-25)17(24)18(26)27/h1-2,4,6-7,9-10,17,25H,3,5,8H2,(H,26,27)/t10-,17-/m0/s1. The molecule has 4 rings (SSSR count). The number of aliphatic hydroxyl groups excluding tert-OH is 1. The topological polar surface area (TPSA) is 91.5 Å². The maximum Gasteiger partial charge on any atom is 0.326 e. The molecule has 1 fully saturated rings. The van der Waals surface area contributed by atoms with E-state index < -0.39 is 12.0 Å². The van der Waals surface area contributed by atoms with Crippen LogP contribution in [0.4, 0.5) is 5.82 Å². The number of carboxylic acids is 1. The number of aliphatic carboxylic acids is 1. The third-order valence-electron chi connectivity index (χ3n) is 4.92. The van der Waals surface area contributed by atoms with Crippen molar-refractivity contribution >= 4 is 45.9 Å². The van der Waals surface area contributed by atoms with Gasteiger partial charge in [-0.1, -0.05) is 23.2 Å². The largest absolute Gasteiger partial charge is 0.480 e. The second kappa shape index (κ2) is 6.99. The lowest BCUT2D eigenvalue weighted by atomic mass is 10.0. The molecule has 140 valence electrons. The molecule has 0 aliphatic carbocycles. The van der Waals surface area contributed by atoms with Crippen LogP contribution in [0.3, 0.4) is 0 Å². The molecule has 0 unspecified atom stereocenters. The number of aliphatic hydroxyl groups is 1. The van der Waals surface area contributed by atoms with Crippen molar-refractivity contribution in [2.24, 2.45) is 5.92 Å². The molecule has 2 N–H and O–H groups in total. The van der Waals surface area contributed by atoms with Gasteiger partial charge < -0.3 is 19.7 Å². The first-order valence-corrected chi connectivity index (χ1v) is 9.14. The first kappa shape index (κ1) is 18.0.